The minimum atomic E-state index is -0.0565. The van der Waals surface area contributed by atoms with Crippen LogP contribution in [0.1, 0.15) is 20.0 Å². The minimum Gasteiger partial charge on any atom is -0.360 e. The second kappa shape index (κ2) is 7.94. The van der Waals surface area contributed by atoms with Crippen molar-refractivity contribution in [3.8, 4) is 0 Å². The monoisotopic (exact) mass is 382 g/mol. The van der Waals surface area contributed by atoms with Crippen LogP contribution in [-0.2, 0) is 0 Å². The average Bonchev–Trinajstić information content (AvgIpc) is 3.38. The molecule has 0 atom stereocenters. The van der Waals surface area contributed by atoms with Crippen molar-refractivity contribution < 1.29 is 9.59 Å². The molecule has 0 radical (unpaired) electrons. The molecule has 2 aromatic heterocycles. The van der Waals surface area contributed by atoms with Gasteiger partial charge in [0.1, 0.15) is 0 Å². The van der Waals surface area contributed by atoms with Gasteiger partial charge in [-0.3, -0.25) is 14.5 Å². The van der Waals surface area contributed by atoms with Crippen LogP contribution < -0.4 is 5.32 Å². The van der Waals surface area contributed by atoms with Crippen LogP contribution in [0.4, 0.5) is 0 Å². The molecule has 140 valence electrons. The Kier molecular flexibility index (Phi) is 5.22. The summed E-state index contributed by atoms with van der Waals surface area (Å²) in [7, 11) is 0. The van der Waals surface area contributed by atoms with E-state index in [1.54, 1.807) is 6.20 Å². The van der Waals surface area contributed by atoms with Gasteiger partial charge >= 0.3 is 0 Å². The first-order valence-corrected chi connectivity index (χ1v) is 10.00. The molecule has 27 heavy (non-hydrogen) atoms. The Balaban J connectivity index is 1.23. The molecule has 4 rings (SSSR count). The summed E-state index contributed by atoms with van der Waals surface area (Å²) in [6.07, 6.45) is 1.76. The minimum absolute atomic E-state index is 0.0565. The highest BCUT2D eigenvalue weighted by Gasteiger charge is 2.22. The van der Waals surface area contributed by atoms with E-state index in [4.69, 9.17) is 0 Å². The lowest BCUT2D eigenvalue weighted by Crippen LogP contribution is -2.50. The van der Waals surface area contributed by atoms with Crippen molar-refractivity contribution >= 4 is 34.1 Å². The lowest BCUT2D eigenvalue weighted by Gasteiger charge is -2.34. The molecule has 1 aliphatic heterocycles. The van der Waals surface area contributed by atoms with Crippen molar-refractivity contribution in [2.75, 3.05) is 39.3 Å². The topological polar surface area (TPSA) is 68.4 Å². The fourth-order valence-electron chi connectivity index (χ4n) is 3.41. The van der Waals surface area contributed by atoms with E-state index in [-0.39, 0.29) is 11.8 Å². The number of fused-ring (bicyclic) bond motifs is 1. The summed E-state index contributed by atoms with van der Waals surface area (Å²) in [5.41, 5.74) is 1.64. The summed E-state index contributed by atoms with van der Waals surface area (Å²) in [5, 5.41) is 5.87. The first-order chi connectivity index (χ1) is 13.2. The number of carbonyl (C=O) groups excluding carboxylic acids is 2. The summed E-state index contributed by atoms with van der Waals surface area (Å²) >= 11 is 1.49. The maximum atomic E-state index is 12.4. The molecule has 0 bridgehead atoms. The van der Waals surface area contributed by atoms with Crippen LogP contribution in [-0.4, -0.2) is 65.9 Å². The number of aromatic nitrogens is 1. The summed E-state index contributed by atoms with van der Waals surface area (Å²) in [6.45, 7) is 4.51. The second-order valence-electron chi connectivity index (χ2n) is 6.61. The standard InChI is InChI=1S/C20H22N4O2S/c25-19(16-14-22-17-5-2-1-4-15(16)17)21-7-8-23-9-11-24(12-10-23)20(26)18-6-3-13-27-18/h1-6,13-14,22H,7-12H2,(H,21,25). The van der Waals surface area contributed by atoms with Crippen molar-refractivity contribution in [1.29, 1.82) is 0 Å². The number of carbonyl (C=O) groups is 2. The zero-order chi connectivity index (χ0) is 18.6. The molecule has 6 nitrogen and oxygen atoms in total. The average molecular weight is 382 g/mol. The molecule has 1 saturated heterocycles. The summed E-state index contributed by atoms with van der Waals surface area (Å²) in [5.74, 6) is 0.0660. The van der Waals surface area contributed by atoms with E-state index < -0.39 is 0 Å². The third-order valence-electron chi connectivity index (χ3n) is 4.94. The SMILES string of the molecule is O=C(NCCN1CCN(C(=O)c2cccs2)CC1)c1c[nH]c2ccccc12. The van der Waals surface area contributed by atoms with E-state index in [2.05, 4.69) is 15.2 Å². The van der Waals surface area contributed by atoms with Gasteiger partial charge in [-0.2, -0.15) is 0 Å². The number of hydrogen-bond acceptors (Lipinski definition) is 4. The van der Waals surface area contributed by atoms with Gasteiger partial charge in [-0.1, -0.05) is 24.3 Å². The molecule has 0 saturated carbocycles. The molecular formula is C20H22N4O2S. The molecule has 3 aromatic rings. The Morgan fingerprint density at radius 3 is 2.67 bits per heavy atom. The van der Waals surface area contributed by atoms with Crippen LogP contribution in [0.5, 0.6) is 0 Å². The quantitative estimate of drug-likeness (QED) is 0.712. The molecule has 2 amide bonds. The number of amides is 2. The van der Waals surface area contributed by atoms with E-state index in [1.807, 2.05) is 46.7 Å². The molecule has 0 spiro atoms. The molecule has 1 aromatic carbocycles. The highest BCUT2D eigenvalue weighted by atomic mass is 32.1. The van der Waals surface area contributed by atoms with E-state index in [0.29, 0.717) is 12.1 Å². The number of benzene rings is 1. The molecule has 1 fully saturated rings. The Labute approximate surface area is 161 Å². The molecule has 0 aliphatic carbocycles. The molecule has 3 heterocycles. The lowest BCUT2D eigenvalue weighted by molar-refractivity contribution is 0.0643. The summed E-state index contributed by atoms with van der Waals surface area (Å²) in [4.78, 5) is 32.9. The number of nitrogens with one attached hydrogen (secondary N) is 2. The van der Waals surface area contributed by atoms with Crippen molar-refractivity contribution in [3.63, 3.8) is 0 Å². The predicted octanol–water partition coefficient (Wildman–Crippen LogP) is 2.42. The van der Waals surface area contributed by atoms with Crippen LogP contribution in [0.25, 0.3) is 10.9 Å². The molecule has 7 heteroatoms. The van der Waals surface area contributed by atoms with Gasteiger partial charge in [0.15, 0.2) is 0 Å². The Morgan fingerprint density at radius 2 is 1.89 bits per heavy atom. The summed E-state index contributed by atoms with van der Waals surface area (Å²) in [6, 6.07) is 11.6. The van der Waals surface area contributed by atoms with Crippen LogP contribution in [0.15, 0.2) is 48.0 Å². The zero-order valence-electron chi connectivity index (χ0n) is 15.0. The van der Waals surface area contributed by atoms with Crippen molar-refractivity contribution in [1.82, 2.24) is 20.1 Å². The second-order valence-corrected chi connectivity index (χ2v) is 7.56. The first-order valence-electron chi connectivity index (χ1n) is 9.12. The van der Waals surface area contributed by atoms with Gasteiger partial charge in [-0.05, 0) is 17.5 Å². The zero-order valence-corrected chi connectivity index (χ0v) is 15.8. The molecular weight excluding hydrogens is 360 g/mol. The van der Waals surface area contributed by atoms with E-state index in [0.717, 1.165) is 48.5 Å². The van der Waals surface area contributed by atoms with Gasteiger partial charge < -0.3 is 15.2 Å². The first kappa shape index (κ1) is 17.8. The van der Waals surface area contributed by atoms with E-state index in [1.165, 1.54) is 11.3 Å². The number of thiophene rings is 1. The smallest absolute Gasteiger partial charge is 0.264 e. The van der Waals surface area contributed by atoms with Gasteiger partial charge in [0.05, 0.1) is 10.4 Å². The van der Waals surface area contributed by atoms with Crippen LogP contribution >= 0.6 is 11.3 Å². The Hall–Kier alpha value is -2.64. The third kappa shape index (κ3) is 3.89. The third-order valence-corrected chi connectivity index (χ3v) is 5.80. The number of aromatic amines is 1. The van der Waals surface area contributed by atoms with E-state index in [9.17, 15) is 9.59 Å². The maximum Gasteiger partial charge on any atom is 0.264 e. The van der Waals surface area contributed by atoms with Crippen molar-refractivity contribution in [2.24, 2.45) is 0 Å². The highest BCUT2D eigenvalue weighted by Crippen LogP contribution is 2.17. The van der Waals surface area contributed by atoms with Crippen LogP contribution in [0, 0.1) is 0 Å². The van der Waals surface area contributed by atoms with Crippen LogP contribution in [0.2, 0.25) is 0 Å². The normalized spacial score (nSPS) is 15.2. The van der Waals surface area contributed by atoms with Gasteiger partial charge in [0, 0.05) is 56.4 Å². The number of hydrogen-bond donors (Lipinski definition) is 2. The highest BCUT2D eigenvalue weighted by molar-refractivity contribution is 7.12. The van der Waals surface area contributed by atoms with Crippen LogP contribution in [0.3, 0.4) is 0 Å². The Bertz CT molecular complexity index is 927. The summed E-state index contributed by atoms with van der Waals surface area (Å²) < 4.78 is 0. The Morgan fingerprint density at radius 1 is 1.07 bits per heavy atom. The van der Waals surface area contributed by atoms with Crippen molar-refractivity contribution in [2.45, 2.75) is 0 Å². The van der Waals surface area contributed by atoms with Crippen molar-refractivity contribution in [3.05, 3.63) is 58.4 Å². The number of piperazine rings is 1. The number of nitrogens with zero attached hydrogens (tertiary/aromatic N) is 2. The van der Waals surface area contributed by atoms with E-state index >= 15 is 0 Å². The molecule has 0 unspecified atom stereocenters. The number of rotatable bonds is 5. The van der Waals surface area contributed by atoms with Gasteiger partial charge in [-0.25, -0.2) is 0 Å². The number of para-hydroxylation sites is 1. The largest absolute Gasteiger partial charge is 0.360 e. The molecule has 1 aliphatic rings. The van der Waals surface area contributed by atoms with Gasteiger partial charge in [-0.15, -0.1) is 11.3 Å². The molecule has 2 N–H and O–H groups in total. The van der Waals surface area contributed by atoms with Gasteiger partial charge in [0.25, 0.3) is 11.8 Å². The lowest BCUT2D eigenvalue weighted by atomic mass is 10.1. The fourth-order valence-corrected chi connectivity index (χ4v) is 4.10. The maximum absolute atomic E-state index is 12.4. The number of H-pyrrole nitrogens is 1. The predicted molar refractivity (Wildman–Crippen MR) is 107 cm³/mol. The van der Waals surface area contributed by atoms with Gasteiger partial charge in [0.2, 0.25) is 0 Å². The fraction of sp³-hybridized carbons (Fsp3) is 0.300.